The molecule has 0 bridgehead atoms. The summed E-state index contributed by atoms with van der Waals surface area (Å²) in [5.74, 6) is 0. The number of unbranched alkanes of at least 4 members (excludes halogenated alkanes) is 1. The molecule has 2 N–H and O–H groups in total. The Morgan fingerprint density at radius 3 is 2.46 bits per heavy atom. The van der Waals surface area contributed by atoms with Crippen LogP contribution in [0.4, 0.5) is 0 Å². The lowest BCUT2D eigenvalue weighted by Gasteiger charge is -2.19. The molecule has 0 aliphatic rings. The van der Waals surface area contributed by atoms with Crippen LogP contribution >= 0.6 is 0 Å². The summed E-state index contributed by atoms with van der Waals surface area (Å²) in [6, 6.07) is 0. The molecule has 0 radical (unpaired) electrons. The summed E-state index contributed by atoms with van der Waals surface area (Å²) in [7, 11) is 0. The van der Waals surface area contributed by atoms with Gasteiger partial charge in [-0.05, 0) is 39.4 Å². The van der Waals surface area contributed by atoms with E-state index in [1.807, 2.05) is 6.92 Å². The number of nitrogens with zero attached hydrogens (tertiary/aromatic N) is 1. The van der Waals surface area contributed by atoms with Gasteiger partial charge in [-0.1, -0.05) is 6.92 Å². The van der Waals surface area contributed by atoms with Crippen molar-refractivity contribution in [1.29, 1.82) is 0 Å². The third kappa shape index (κ3) is 8.22. The molecule has 0 aromatic carbocycles. The van der Waals surface area contributed by atoms with Gasteiger partial charge < -0.3 is 15.4 Å². The minimum Gasteiger partial charge on any atom is -0.380 e. The monoisotopic (exact) mass is 188 g/mol. The van der Waals surface area contributed by atoms with E-state index in [1.165, 1.54) is 6.42 Å². The number of nitrogens with two attached hydrogens (primary N) is 1. The Balaban J connectivity index is 3.28. The standard InChI is InChI=1S/C10H24N2O/c1-3-12(8-6-5-7-11)9-10-13-4-2/h3-11H2,1-2H3. The molecule has 13 heavy (non-hydrogen) atoms. The summed E-state index contributed by atoms with van der Waals surface area (Å²) in [6.07, 6.45) is 2.33. The summed E-state index contributed by atoms with van der Waals surface area (Å²) < 4.78 is 5.31. The SMILES string of the molecule is CCOCCN(CC)CCCCN. The van der Waals surface area contributed by atoms with Gasteiger partial charge in [-0.15, -0.1) is 0 Å². The lowest BCUT2D eigenvalue weighted by atomic mass is 10.3. The second-order valence-electron chi connectivity index (χ2n) is 3.13. The highest BCUT2D eigenvalue weighted by Crippen LogP contribution is 1.94. The van der Waals surface area contributed by atoms with E-state index < -0.39 is 0 Å². The van der Waals surface area contributed by atoms with Crippen LogP contribution in [0.5, 0.6) is 0 Å². The zero-order valence-corrected chi connectivity index (χ0v) is 9.09. The first-order valence-electron chi connectivity index (χ1n) is 5.35. The second kappa shape index (κ2) is 9.96. The van der Waals surface area contributed by atoms with Gasteiger partial charge in [0.2, 0.25) is 0 Å². The van der Waals surface area contributed by atoms with Gasteiger partial charge in [0.25, 0.3) is 0 Å². The zero-order valence-electron chi connectivity index (χ0n) is 9.09. The summed E-state index contributed by atoms with van der Waals surface area (Å²) in [5.41, 5.74) is 5.43. The topological polar surface area (TPSA) is 38.5 Å². The van der Waals surface area contributed by atoms with Gasteiger partial charge in [-0.3, -0.25) is 0 Å². The van der Waals surface area contributed by atoms with Crippen LogP contribution in [0.1, 0.15) is 26.7 Å². The average molecular weight is 188 g/mol. The van der Waals surface area contributed by atoms with E-state index >= 15 is 0 Å². The van der Waals surface area contributed by atoms with Gasteiger partial charge in [0, 0.05) is 13.2 Å². The molecule has 0 amide bonds. The second-order valence-corrected chi connectivity index (χ2v) is 3.13. The van der Waals surface area contributed by atoms with Crippen molar-refractivity contribution in [2.45, 2.75) is 26.7 Å². The maximum absolute atomic E-state index is 5.43. The summed E-state index contributed by atoms with van der Waals surface area (Å²) in [4.78, 5) is 2.41. The fourth-order valence-corrected chi connectivity index (χ4v) is 1.25. The maximum atomic E-state index is 5.43. The van der Waals surface area contributed by atoms with Gasteiger partial charge in [0.05, 0.1) is 6.61 Å². The Labute approximate surface area is 82.2 Å². The van der Waals surface area contributed by atoms with Crippen LogP contribution < -0.4 is 5.73 Å². The molecule has 3 nitrogen and oxygen atoms in total. The highest BCUT2D eigenvalue weighted by atomic mass is 16.5. The molecule has 3 heteroatoms. The van der Waals surface area contributed by atoms with E-state index in [2.05, 4.69) is 11.8 Å². The molecular weight excluding hydrogens is 164 g/mol. The first-order valence-corrected chi connectivity index (χ1v) is 5.35. The Morgan fingerprint density at radius 1 is 1.15 bits per heavy atom. The number of hydrogen-bond acceptors (Lipinski definition) is 3. The van der Waals surface area contributed by atoms with Crippen molar-refractivity contribution in [2.75, 3.05) is 39.4 Å². The molecule has 0 aliphatic carbocycles. The van der Waals surface area contributed by atoms with Crippen molar-refractivity contribution in [3.05, 3.63) is 0 Å². The highest BCUT2D eigenvalue weighted by molar-refractivity contribution is 4.55. The first-order chi connectivity index (χ1) is 6.35. The van der Waals surface area contributed by atoms with E-state index in [0.29, 0.717) is 0 Å². The van der Waals surface area contributed by atoms with Gasteiger partial charge in [-0.25, -0.2) is 0 Å². The van der Waals surface area contributed by atoms with Crippen LogP contribution in [-0.2, 0) is 4.74 Å². The third-order valence-electron chi connectivity index (χ3n) is 2.13. The Hall–Kier alpha value is -0.120. The van der Waals surface area contributed by atoms with Gasteiger partial charge >= 0.3 is 0 Å². The largest absolute Gasteiger partial charge is 0.380 e. The van der Waals surface area contributed by atoms with Crippen molar-refractivity contribution in [3.63, 3.8) is 0 Å². The Morgan fingerprint density at radius 2 is 1.92 bits per heavy atom. The number of likely N-dealkylation sites (N-methyl/N-ethyl adjacent to an activating group) is 1. The molecule has 0 fully saturated rings. The molecule has 0 aliphatic heterocycles. The quantitative estimate of drug-likeness (QED) is 0.550. The van der Waals surface area contributed by atoms with Crippen molar-refractivity contribution < 1.29 is 4.74 Å². The average Bonchev–Trinajstić information content (AvgIpc) is 2.16. The van der Waals surface area contributed by atoms with Gasteiger partial charge in [0.15, 0.2) is 0 Å². The van der Waals surface area contributed by atoms with E-state index in [1.54, 1.807) is 0 Å². The molecule has 0 aromatic rings. The van der Waals surface area contributed by atoms with Crippen molar-refractivity contribution in [1.82, 2.24) is 4.90 Å². The zero-order chi connectivity index (χ0) is 9.94. The normalized spacial score (nSPS) is 11.1. The maximum Gasteiger partial charge on any atom is 0.0593 e. The highest BCUT2D eigenvalue weighted by Gasteiger charge is 2.00. The molecule has 0 rings (SSSR count). The minimum atomic E-state index is 0.809. The van der Waals surface area contributed by atoms with Crippen LogP contribution in [0.2, 0.25) is 0 Å². The van der Waals surface area contributed by atoms with Gasteiger partial charge in [-0.2, -0.15) is 0 Å². The van der Waals surface area contributed by atoms with Crippen molar-refractivity contribution in [2.24, 2.45) is 5.73 Å². The predicted octanol–water partition coefficient (Wildman–Crippen LogP) is 1.08. The molecule has 80 valence electrons. The number of rotatable bonds is 9. The molecule has 0 aromatic heterocycles. The Bertz CT molecular complexity index is 88.9. The minimum absolute atomic E-state index is 0.809. The lowest BCUT2D eigenvalue weighted by Crippen LogP contribution is -2.28. The van der Waals surface area contributed by atoms with Crippen LogP contribution in [0.15, 0.2) is 0 Å². The van der Waals surface area contributed by atoms with Crippen LogP contribution in [-0.4, -0.2) is 44.3 Å². The van der Waals surface area contributed by atoms with Crippen molar-refractivity contribution in [3.8, 4) is 0 Å². The van der Waals surface area contributed by atoms with Crippen LogP contribution in [0, 0.1) is 0 Å². The molecule has 0 saturated heterocycles. The smallest absolute Gasteiger partial charge is 0.0593 e. The van der Waals surface area contributed by atoms with Gasteiger partial charge in [0.1, 0.15) is 0 Å². The fourth-order valence-electron chi connectivity index (χ4n) is 1.25. The summed E-state index contributed by atoms with van der Waals surface area (Å²) in [5, 5.41) is 0. The molecular formula is C10H24N2O. The van der Waals surface area contributed by atoms with E-state index in [0.717, 1.165) is 45.8 Å². The first kappa shape index (κ1) is 12.9. The fraction of sp³-hybridized carbons (Fsp3) is 1.00. The van der Waals surface area contributed by atoms with E-state index in [4.69, 9.17) is 10.5 Å². The predicted molar refractivity (Wildman–Crippen MR) is 56.9 cm³/mol. The molecule has 0 unspecified atom stereocenters. The summed E-state index contributed by atoms with van der Waals surface area (Å²) >= 11 is 0. The third-order valence-corrected chi connectivity index (χ3v) is 2.13. The van der Waals surface area contributed by atoms with Crippen LogP contribution in [0.3, 0.4) is 0 Å². The Kier molecular flexibility index (Phi) is 9.87. The van der Waals surface area contributed by atoms with E-state index in [-0.39, 0.29) is 0 Å². The van der Waals surface area contributed by atoms with Crippen molar-refractivity contribution >= 4 is 0 Å². The number of ether oxygens (including phenoxy) is 1. The number of hydrogen-bond donors (Lipinski definition) is 1. The van der Waals surface area contributed by atoms with E-state index in [9.17, 15) is 0 Å². The molecule has 0 saturated carbocycles. The lowest BCUT2D eigenvalue weighted by molar-refractivity contribution is 0.114. The molecule has 0 heterocycles. The molecule has 0 spiro atoms. The van der Waals surface area contributed by atoms with Crippen LogP contribution in [0.25, 0.3) is 0 Å². The molecule has 0 atom stereocenters. The summed E-state index contributed by atoms with van der Waals surface area (Å²) in [6.45, 7) is 10.0.